The van der Waals surface area contributed by atoms with Crippen LogP contribution in [0, 0.1) is 12.7 Å². The number of carbonyl (C=O) groups excluding carboxylic acids is 1. The van der Waals surface area contributed by atoms with E-state index in [4.69, 9.17) is 0 Å². The molecule has 0 aliphatic rings. The highest BCUT2D eigenvalue weighted by Crippen LogP contribution is 2.29. The van der Waals surface area contributed by atoms with E-state index in [1.54, 1.807) is 12.1 Å². The van der Waals surface area contributed by atoms with Gasteiger partial charge in [0.1, 0.15) is 5.82 Å². The highest BCUT2D eigenvalue weighted by Gasteiger charge is 2.15. The molecule has 0 aromatic heterocycles. The standard InChI is InChI=1S/C19H22FNOS/c1-13-5-6-14(19(2,3)4)11-17(13)23-12-18(22)21-16-9-7-15(20)8-10-16/h5-11H,12H2,1-4H3,(H,21,22). The molecule has 2 rings (SSSR count). The summed E-state index contributed by atoms with van der Waals surface area (Å²) in [5.74, 6) is -0.0830. The lowest BCUT2D eigenvalue weighted by Crippen LogP contribution is -2.14. The van der Waals surface area contributed by atoms with Gasteiger partial charge in [-0.05, 0) is 53.8 Å². The first-order chi connectivity index (χ1) is 10.8. The van der Waals surface area contributed by atoms with Gasteiger partial charge in [0.15, 0.2) is 0 Å². The Morgan fingerprint density at radius 3 is 2.39 bits per heavy atom. The van der Waals surface area contributed by atoms with Crippen molar-refractivity contribution in [2.24, 2.45) is 0 Å². The zero-order valence-electron chi connectivity index (χ0n) is 13.9. The maximum Gasteiger partial charge on any atom is 0.234 e. The van der Waals surface area contributed by atoms with Gasteiger partial charge in [-0.1, -0.05) is 32.9 Å². The van der Waals surface area contributed by atoms with Gasteiger partial charge in [0.25, 0.3) is 0 Å². The molecule has 0 bridgehead atoms. The minimum Gasteiger partial charge on any atom is -0.325 e. The Morgan fingerprint density at radius 2 is 1.78 bits per heavy atom. The van der Waals surface area contributed by atoms with Gasteiger partial charge in [-0.3, -0.25) is 4.79 Å². The van der Waals surface area contributed by atoms with Crippen molar-refractivity contribution in [3.63, 3.8) is 0 Å². The quantitative estimate of drug-likeness (QED) is 0.784. The molecule has 1 N–H and O–H groups in total. The Morgan fingerprint density at radius 1 is 1.13 bits per heavy atom. The molecule has 1 amide bonds. The van der Waals surface area contributed by atoms with Gasteiger partial charge < -0.3 is 5.32 Å². The van der Waals surface area contributed by atoms with Crippen molar-refractivity contribution in [1.29, 1.82) is 0 Å². The van der Waals surface area contributed by atoms with E-state index in [1.165, 1.54) is 29.5 Å². The fourth-order valence-electron chi connectivity index (χ4n) is 2.10. The van der Waals surface area contributed by atoms with Gasteiger partial charge in [-0.2, -0.15) is 0 Å². The van der Waals surface area contributed by atoms with E-state index in [1.807, 2.05) is 6.92 Å². The molecule has 2 aromatic carbocycles. The van der Waals surface area contributed by atoms with Gasteiger partial charge in [0.05, 0.1) is 5.75 Å². The van der Waals surface area contributed by atoms with E-state index in [0.29, 0.717) is 11.4 Å². The molecule has 0 unspecified atom stereocenters. The SMILES string of the molecule is Cc1ccc(C(C)(C)C)cc1SCC(=O)Nc1ccc(F)cc1. The number of carbonyl (C=O) groups is 1. The number of amides is 1. The van der Waals surface area contributed by atoms with Crippen LogP contribution in [0.15, 0.2) is 47.4 Å². The maximum atomic E-state index is 12.9. The molecule has 0 heterocycles. The van der Waals surface area contributed by atoms with Crippen molar-refractivity contribution in [2.45, 2.75) is 38.0 Å². The highest BCUT2D eigenvalue weighted by atomic mass is 32.2. The Balaban J connectivity index is 2.00. The second kappa shape index (κ2) is 7.18. The smallest absolute Gasteiger partial charge is 0.234 e. The number of anilines is 1. The largest absolute Gasteiger partial charge is 0.325 e. The number of thioether (sulfide) groups is 1. The molecular weight excluding hydrogens is 309 g/mol. The Labute approximate surface area is 141 Å². The van der Waals surface area contributed by atoms with Gasteiger partial charge in [0.2, 0.25) is 5.91 Å². The third kappa shape index (κ3) is 5.10. The monoisotopic (exact) mass is 331 g/mol. The Hall–Kier alpha value is -1.81. The van der Waals surface area contributed by atoms with E-state index in [0.717, 1.165) is 10.5 Å². The number of halogens is 1. The predicted octanol–water partition coefficient (Wildman–Crippen LogP) is 5.16. The molecule has 23 heavy (non-hydrogen) atoms. The maximum absolute atomic E-state index is 12.9. The first kappa shape index (κ1) is 17.5. The van der Waals surface area contributed by atoms with Crippen LogP contribution in [0.5, 0.6) is 0 Å². The molecule has 0 radical (unpaired) electrons. The second-order valence-corrected chi connectivity index (χ2v) is 7.59. The third-order valence-electron chi connectivity index (χ3n) is 3.54. The van der Waals surface area contributed by atoms with Crippen molar-refractivity contribution in [2.75, 3.05) is 11.1 Å². The van der Waals surface area contributed by atoms with E-state index in [2.05, 4.69) is 44.3 Å². The van der Waals surface area contributed by atoms with Gasteiger partial charge in [0, 0.05) is 10.6 Å². The highest BCUT2D eigenvalue weighted by molar-refractivity contribution is 8.00. The topological polar surface area (TPSA) is 29.1 Å². The molecule has 0 fully saturated rings. The molecule has 0 aliphatic heterocycles. The summed E-state index contributed by atoms with van der Waals surface area (Å²) >= 11 is 1.52. The van der Waals surface area contributed by atoms with E-state index in [-0.39, 0.29) is 17.1 Å². The second-order valence-electron chi connectivity index (χ2n) is 6.57. The molecule has 0 saturated carbocycles. The van der Waals surface area contributed by atoms with Crippen LogP contribution in [0.3, 0.4) is 0 Å². The zero-order valence-corrected chi connectivity index (χ0v) is 14.8. The number of aryl methyl sites for hydroxylation is 1. The Kier molecular flexibility index (Phi) is 5.47. The first-order valence-electron chi connectivity index (χ1n) is 7.55. The molecule has 0 atom stereocenters. The molecule has 2 nitrogen and oxygen atoms in total. The summed E-state index contributed by atoms with van der Waals surface area (Å²) in [7, 11) is 0. The van der Waals surface area contributed by atoms with E-state index >= 15 is 0 Å². The lowest BCUT2D eigenvalue weighted by molar-refractivity contribution is -0.113. The van der Waals surface area contributed by atoms with E-state index in [9.17, 15) is 9.18 Å². The number of benzene rings is 2. The zero-order chi connectivity index (χ0) is 17.0. The normalized spacial score (nSPS) is 11.3. The summed E-state index contributed by atoms with van der Waals surface area (Å²) in [5, 5.41) is 2.78. The number of rotatable bonds is 4. The Bertz CT molecular complexity index is 690. The average Bonchev–Trinajstić information content (AvgIpc) is 2.47. The van der Waals surface area contributed by atoms with Crippen LogP contribution < -0.4 is 5.32 Å². The van der Waals surface area contributed by atoms with Crippen molar-refractivity contribution >= 4 is 23.4 Å². The summed E-state index contributed by atoms with van der Waals surface area (Å²) in [6.45, 7) is 8.57. The molecular formula is C19H22FNOS. The summed E-state index contributed by atoms with van der Waals surface area (Å²) < 4.78 is 12.9. The molecule has 0 spiro atoms. The first-order valence-corrected chi connectivity index (χ1v) is 8.53. The van der Waals surface area contributed by atoms with Crippen molar-refractivity contribution in [1.82, 2.24) is 0 Å². The van der Waals surface area contributed by atoms with Crippen LogP contribution >= 0.6 is 11.8 Å². The van der Waals surface area contributed by atoms with Crippen molar-refractivity contribution in [3.8, 4) is 0 Å². The van der Waals surface area contributed by atoms with Crippen molar-refractivity contribution in [3.05, 3.63) is 59.4 Å². The van der Waals surface area contributed by atoms with Crippen LogP contribution in [0.2, 0.25) is 0 Å². The van der Waals surface area contributed by atoms with Gasteiger partial charge in [-0.25, -0.2) is 4.39 Å². The number of hydrogen-bond acceptors (Lipinski definition) is 2. The molecule has 2 aromatic rings. The molecule has 4 heteroatoms. The number of nitrogens with one attached hydrogen (secondary N) is 1. The third-order valence-corrected chi connectivity index (χ3v) is 4.70. The molecule has 0 saturated heterocycles. The van der Waals surface area contributed by atoms with Crippen LogP contribution in [-0.2, 0) is 10.2 Å². The summed E-state index contributed by atoms with van der Waals surface area (Å²) in [6.07, 6.45) is 0. The lowest BCUT2D eigenvalue weighted by atomic mass is 9.87. The van der Waals surface area contributed by atoms with Crippen LogP contribution in [0.25, 0.3) is 0 Å². The lowest BCUT2D eigenvalue weighted by Gasteiger charge is -2.20. The summed E-state index contributed by atoms with van der Waals surface area (Å²) in [4.78, 5) is 13.2. The van der Waals surface area contributed by atoms with Crippen LogP contribution in [-0.4, -0.2) is 11.7 Å². The summed E-state index contributed by atoms with van der Waals surface area (Å²) in [5.41, 5.74) is 3.11. The molecule has 122 valence electrons. The fraction of sp³-hybridized carbons (Fsp3) is 0.316. The minimum atomic E-state index is -0.313. The fourth-order valence-corrected chi connectivity index (χ4v) is 2.96. The van der Waals surface area contributed by atoms with Crippen LogP contribution in [0.4, 0.5) is 10.1 Å². The predicted molar refractivity (Wildman–Crippen MR) is 95.6 cm³/mol. The van der Waals surface area contributed by atoms with Gasteiger partial charge in [-0.15, -0.1) is 11.8 Å². The van der Waals surface area contributed by atoms with Crippen molar-refractivity contribution < 1.29 is 9.18 Å². The van der Waals surface area contributed by atoms with Crippen LogP contribution in [0.1, 0.15) is 31.9 Å². The van der Waals surface area contributed by atoms with Gasteiger partial charge >= 0.3 is 0 Å². The average molecular weight is 331 g/mol. The van der Waals surface area contributed by atoms with E-state index < -0.39 is 0 Å². The molecule has 0 aliphatic carbocycles. The summed E-state index contributed by atoms with van der Waals surface area (Å²) in [6, 6.07) is 12.2. The number of hydrogen-bond donors (Lipinski definition) is 1. The minimum absolute atomic E-state index is 0.0827.